The molecule has 0 bridgehead atoms. The number of benzene rings is 1. The number of phenolic OH excluding ortho intramolecular Hbond substituents is 1. The molecule has 1 aliphatic heterocycles. The van der Waals surface area contributed by atoms with Gasteiger partial charge in [-0.2, -0.15) is 0 Å². The third-order valence-corrected chi connectivity index (χ3v) is 3.93. The molecule has 0 spiro atoms. The Morgan fingerprint density at radius 2 is 2.30 bits per heavy atom. The fraction of sp³-hybridized carbons (Fsp3) is 0.562. The highest BCUT2D eigenvalue weighted by Crippen LogP contribution is 2.21. The lowest BCUT2D eigenvalue weighted by molar-refractivity contribution is 0.0726. The topological polar surface area (TPSA) is 52.6 Å². The number of hydrogen-bond donors (Lipinski definition) is 2. The first-order valence-corrected chi connectivity index (χ1v) is 7.41. The Labute approximate surface area is 120 Å². The molecule has 1 unspecified atom stereocenters. The molecule has 1 heterocycles. The molecule has 2 rings (SSSR count). The SMILES string of the molecule is CCN(CC1CCCNC1)C(=O)c1ccc(C)cc1O. The van der Waals surface area contributed by atoms with Crippen molar-refractivity contribution >= 4 is 5.91 Å². The van der Waals surface area contributed by atoms with E-state index >= 15 is 0 Å². The van der Waals surface area contributed by atoms with Gasteiger partial charge in [0.25, 0.3) is 5.91 Å². The van der Waals surface area contributed by atoms with E-state index in [-0.39, 0.29) is 11.7 Å². The van der Waals surface area contributed by atoms with Crippen LogP contribution in [-0.2, 0) is 0 Å². The van der Waals surface area contributed by atoms with Crippen LogP contribution in [0.1, 0.15) is 35.7 Å². The molecule has 0 saturated carbocycles. The Hall–Kier alpha value is -1.55. The lowest BCUT2D eigenvalue weighted by Gasteiger charge is -2.29. The number of aryl methyl sites for hydroxylation is 1. The first-order valence-electron chi connectivity index (χ1n) is 7.41. The van der Waals surface area contributed by atoms with Gasteiger partial charge in [0.2, 0.25) is 0 Å². The third-order valence-electron chi connectivity index (χ3n) is 3.93. The molecule has 2 N–H and O–H groups in total. The van der Waals surface area contributed by atoms with Gasteiger partial charge in [0.05, 0.1) is 5.56 Å². The molecule has 1 aliphatic rings. The first kappa shape index (κ1) is 14.9. The molecular formula is C16H24N2O2. The normalized spacial score (nSPS) is 18.8. The molecule has 1 atom stereocenters. The zero-order chi connectivity index (χ0) is 14.5. The van der Waals surface area contributed by atoms with Crippen LogP contribution in [0, 0.1) is 12.8 Å². The highest BCUT2D eigenvalue weighted by Gasteiger charge is 2.22. The second-order valence-corrected chi connectivity index (χ2v) is 5.58. The van der Waals surface area contributed by atoms with Gasteiger partial charge in [0.15, 0.2) is 0 Å². The Balaban J connectivity index is 2.07. The summed E-state index contributed by atoms with van der Waals surface area (Å²) in [4.78, 5) is 14.4. The van der Waals surface area contributed by atoms with Gasteiger partial charge in [0.1, 0.15) is 5.75 Å². The van der Waals surface area contributed by atoms with Gasteiger partial charge in [-0.1, -0.05) is 6.07 Å². The Morgan fingerprint density at radius 3 is 2.90 bits per heavy atom. The van der Waals surface area contributed by atoms with Crippen LogP contribution in [-0.4, -0.2) is 42.1 Å². The van der Waals surface area contributed by atoms with Crippen molar-refractivity contribution in [2.24, 2.45) is 5.92 Å². The van der Waals surface area contributed by atoms with Gasteiger partial charge in [0, 0.05) is 13.1 Å². The maximum atomic E-state index is 12.5. The van der Waals surface area contributed by atoms with E-state index in [2.05, 4.69) is 5.32 Å². The van der Waals surface area contributed by atoms with E-state index in [9.17, 15) is 9.90 Å². The molecule has 1 saturated heterocycles. The van der Waals surface area contributed by atoms with Gasteiger partial charge in [-0.05, 0) is 63.4 Å². The molecular weight excluding hydrogens is 252 g/mol. The summed E-state index contributed by atoms with van der Waals surface area (Å²) in [6.07, 6.45) is 2.34. The van der Waals surface area contributed by atoms with Crippen molar-refractivity contribution in [1.82, 2.24) is 10.2 Å². The van der Waals surface area contributed by atoms with Crippen molar-refractivity contribution in [3.05, 3.63) is 29.3 Å². The molecule has 1 amide bonds. The quantitative estimate of drug-likeness (QED) is 0.886. The smallest absolute Gasteiger partial charge is 0.257 e. The number of phenols is 1. The van der Waals surface area contributed by atoms with Gasteiger partial charge >= 0.3 is 0 Å². The molecule has 20 heavy (non-hydrogen) atoms. The summed E-state index contributed by atoms with van der Waals surface area (Å²) >= 11 is 0. The van der Waals surface area contributed by atoms with Crippen molar-refractivity contribution in [3.8, 4) is 5.75 Å². The summed E-state index contributed by atoms with van der Waals surface area (Å²) in [5, 5.41) is 13.3. The number of piperidine rings is 1. The number of nitrogens with one attached hydrogen (secondary N) is 1. The average molecular weight is 276 g/mol. The summed E-state index contributed by atoms with van der Waals surface area (Å²) < 4.78 is 0. The molecule has 0 radical (unpaired) electrons. The monoisotopic (exact) mass is 276 g/mol. The maximum Gasteiger partial charge on any atom is 0.257 e. The molecule has 1 fully saturated rings. The van der Waals surface area contributed by atoms with Crippen molar-refractivity contribution in [2.75, 3.05) is 26.2 Å². The molecule has 1 aromatic carbocycles. The minimum Gasteiger partial charge on any atom is -0.507 e. The van der Waals surface area contributed by atoms with Crippen LogP contribution < -0.4 is 5.32 Å². The van der Waals surface area contributed by atoms with E-state index in [1.807, 2.05) is 24.8 Å². The lowest BCUT2D eigenvalue weighted by atomic mass is 9.98. The second-order valence-electron chi connectivity index (χ2n) is 5.58. The van der Waals surface area contributed by atoms with Crippen LogP contribution in [0.4, 0.5) is 0 Å². The maximum absolute atomic E-state index is 12.5. The van der Waals surface area contributed by atoms with Crippen LogP contribution in [0.5, 0.6) is 5.75 Å². The number of aromatic hydroxyl groups is 1. The molecule has 110 valence electrons. The number of nitrogens with zero attached hydrogens (tertiary/aromatic N) is 1. The largest absolute Gasteiger partial charge is 0.507 e. The highest BCUT2D eigenvalue weighted by atomic mass is 16.3. The number of rotatable bonds is 4. The van der Waals surface area contributed by atoms with E-state index in [1.165, 1.54) is 6.42 Å². The van der Waals surface area contributed by atoms with Crippen LogP contribution in [0.2, 0.25) is 0 Å². The molecule has 4 heteroatoms. The summed E-state index contributed by atoms with van der Waals surface area (Å²) in [6.45, 7) is 7.37. The van der Waals surface area contributed by atoms with E-state index in [0.29, 0.717) is 18.0 Å². The van der Waals surface area contributed by atoms with Crippen molar-refractivity contribution in [3.63, 3.8) is 0 Å². The Kier molecular flexibility index (Phi) is 5.01. The van der Waals surface area contributed by atoms with Crippen molar-refractivity contribution < 1.29 is 9.90 Å². The average Bonchev–Trinajstić information content (AvgIpc) is 2.45. The van der Waals surface area contributed by atoms with Gasteiger partial charge in [-0.25, -0.2) is 0 Å². The fourth-order valence-corrected chi connectivity index (χ4v) is 2.74. The van der Waals surface area contributed by atoms with E-state index in [4.69, 9.17) is 0 Å². The van der Waals surface area contributed by atoms with E-state index in [0.717, 1.165) is 31.6 Å². The summed E-state index contributed by atoms with van der Waals surface area (Å²) in [7, 11) is 0. The second kappa shape index (κ2) is 6.75. The van der Waals surface area contributed by atoms with Crippen LogP contribution in [0.25, 0.3) is 0 Å². The standard InChI is InChI=1S/C16H24N2O2/c1-3-18(11-13-5-4-8-17-10-13)16(20)14-7-6-12(2)9-15(14)19/h6-7,9,13,17,19H,3-5,8,10-11H2,1-2H3. The Bertz CT molecular complexity index is 468. The minimum absolute atomic E-state index is 0.0735. The number of carbonyl (C=O) groups excluding carboxylic acids is 1. The van der Waals surface area contributed by atoms with Crippen LogP contribution in [0.3, 0.4) is 0 Å². The summed E-state index contributed by atoms with van der Waals surface area (Å²) in [5.41, 5.74) is 1.36. The zero-order valence-electron chi connectivity index (χ0n) is 12.4. The summed E-state index contributed by atoms with van der Waals surface area (Å²) in [5.74, 6) is 0.519. The van der Waals surface area contributed by atoms with Gasteiger partial charge < -0.3 is 15.3 Å². The Morgan fingerprint density at radius 1 is 1.50 bits per heavy atom. The molecule has 1 aromatic rings. The zero-order valence-corrected chi connectivity index (χ0v) is 12.4. The minimum atomic E-state index is -0.0735. The van der Waals surface area contributed by atoms with Crippen LogP contribution in [0.15, 0.2) is 18.2 Å². The highest BCUT2D eigenvalue weighted by molar-refractivity contribution is 5.96. The van der Waals surface area contributed by atoms with Crippen molar-refractivity contribution in [2.45, 2.75) is 26.7 Å². The van der Waals surface area contributed by atoms with E-state index in [1.54, 1.807) is 12.1 Å². The first-order chi connectivity index (χ1) is 9.61. The van der Waals surface area contributed by atoms with Crippen molar-refractivity contribution in [1.29, 1.82) is 0 Å². The predicted molar refractivity (Wildman–Crippen MR) is 80.0 cm³/mol. The number of hydrogen-bond acceptors (Lipinski definition) is 3. The third kappa shape index (κ3) is 3.51. The fourth-order valence-electron chi connectivity index (χ4n) is 2.74. The van der Waals surface area contributed by atoms with Gasteiger partial charge in [-0.15, -0.1) is 0 Å². The van der Waals surface area contributed by atoms with E-state index < -0.39 is 0 Å². The number of amides is 1. The van der Waals surface area contributed by atoms with Gasteiger partial charge in [-0.3, -0.25) is 4.79 Å². The number of carbonyl (C=O) groups is 1. The summed E-state index contributed by atoms with van der Waals surface area (Å²) in [6, 6.07) is 5.22. The van der Waals surface area contributed by atoms with Crippen LogP contribution >= 0.6 is 0 Å². The molecule has 4 nitrogen and oxygen atoms in total. The lowest BCUT2D eigenvalue weighted by Crippen LogP contribution is -2.41. The molecule has 0 aromatic heterocycles. The predicted octanol–water partition coefficient (Wildman–Crippen LogP) is 2.16. The molecule has 0 aliphatic carbocycles.